The highest BCUT2D eigenvalue weighted by Crippen LogP contribution is 2.37. The van der Waals surface area contributed by atoms with Gasteiger partial charge in [0.25, 0.3) is 0 Å². The van der Waals surface area contributed by atoms with Crippen molar-refractivity contribution in [3.63, 3.8) is 0 Å². The Morgan fingerprint density at radius 1 is 1.14 bits per heavy atom. The van der Waals surface area contributed by atoms with Crippen LogP contribution in [0.4, 0.5) is 38.0 Å². The number of ether oxygens (including phenoxy) is 2. The minimum absolute atomic E-state index is 0.0677. The van der Waals surface area contributed by atoms with Gasteiger partial charge in [-0.2, -0.15) is 31.3 Å². The first-order chi connectivity index (χ1) is 13.5. The molecule has 0 aliphatic carbocycles. The Balaban J connectivity index is 2.54. The van der Waals surface area contributed by atoms with Gasteiger partial charge in [0.2, 0.25) is 11.8 Å². The van der Waals surface area contributed by atoms with E-state index in [1.54, 1.807) is 13.0 Å². The highest BCUT2D eigenvalue weighted by molar-refractivity contribution is 5.96. The lowest BCUT2D eigenvalue weighted by Gasteiger charge is -2.24. The zero-order valence-corrected chi connectivity index (χ0v) is 15.1. The number of hydrogen-bond acceptors (Lipinski definition) is 6. The highest BCUT2D eigenvalue weighted by atomic mass is 19.4. The molecule has 0 fully saturated rings. The third-order valence-corrected chi connectivity index (χ3v) is 3.58. The van der Waals surface area contributed by atoms with E-state index in [0.29, 0.717) is 6.20 Å². The van der Waals surface area contributed by atoms with Gasteiger partial charge in [-0.05, 0) is 19.1 Å². The van der Waals surface area contributed by atoms with Crippen molar-refractivity contribution < 1.29 is 40.6 Å². The number of carbonyl (C=O) groups is 1. The number of nitrogens with zero attached hydrogens (tertiary/aromatic N) is 3. The van der Waals surface area contributed by atoms with Crippen molar-refractivity contribution >= 4 is 17.6 Å². The van der Waals surface area contributed by atoms with Crippen LogP contribution in [-0.4, -0.2) is 42.4 Å². The predicted octanol–water partition coefficient (Wildman–Crippen LogP) is 4.38. The largest absolute Gasteiger partial charge is 0.467 e. The molecule has 158 valence electrons. The van der Waals surface area contributed by atoms with E-state index in [1.165, 1.54) is 23.1 Å². The third kappa shape index (κ3) is 5.48. The Bertz CT molecular complexity index is 870. The normalized spacial score (nSPS) is 11.9. The molecule has 2 aromatic rings. The van der Waals surface area contributed by atoms with E-state index in [1.807, 2.05) is 0 Å². The maximum absolute atomic E-state index is 13.1. The van der Waals surface area contributed by atoms with E-state index in [-0.39, 0.29) is 23.7 Å². The molecule has 0 atom stereocenters. The van der Waals surface area contributed by atoms with Gasteiger partial charge in [-0.1, -0.05) is 12.1 Å². The molecule has 0 aliphatic heterocycles. The van der Waals surface area contributed by atoms with E-state index in [2.05, 4.69) is 19.4 Å². The molecule has 0 radical (unpaired) electrons. The minimum Gasteiger partial charge on any atom is -0.467 e. The van der Waals surface area contributed by atoms with Crippen LogP contribution >= 0.6 is 0 Å². The number of alkyl halides is 6. The average molecular weight is 423 g/mol. The van der Waals surface area contributed by atoms with E-state index >= 15 is 0 Å². The van der Waals surface area contributed by atoms with Crippen molar-refractivity contribution in [3.8, 4) is 5.88 Å². The molecule has 0 saturated heterocycles. The second-order valence-corrected chi connectivity index (χ2v) is 5.54. The molecular formula is C17H15F6N3O3. The lowest BCUT2D eigenvalue weighted by atomic mass is 10.1. The maximum atomic E-state index is 13.1. The van der Waals surface area contributed by atoms with Crippen molar-refractivity contribution in [1.82, 2.24) is 9.97 Å². The molecule has 0 aliphatic rings. The molecule has 0 bridgehead atoms. The predicted molar refractivity (Wildman–Crippen MR) is 89.0 cm³/mol. The Hall–Kier alpha value is -3.05. The van der Waals surface area contributed by atoms with Crippen molar-refractivity contribution in [2.75, 3.05) is 25.2 Å². The Morgan fingerprint density at radius 3 is 2.34 bits per heavy atom. The van der Waals surface area contributed by atoms with Crippen molar-refractivity contribution in [3.05, 3.63) is 41.6 Å². The lowest BCUT2D eigenvalue weighted by Crippen LogP contribution is -2.25. The number of benzene rings is 1. The smallest absolute Gasteiger partial charge is 0.423 e. The second kappa shape index (κ2) is 8.53. The number of methoxy groups -OCH3 is 1. The first-order valence-electron chi connectivity index (χ1n) is 8.06. The standard InChI is InChI=1S/C17H15F6N3O3/c1-3-26(12-7-5-4-6-10(12)14(27)28-2)15-24-8-11(17(21,22)23)13(25-15)29-9-16(18,19)20/h4-8H,3,9H2,1-2H3. The van der Waals surface area contributed by atoms with Crippen LogP contribution < -0.4 is 9.64 Å². The van der Waals surface area contributed by atoms with Crippen LogP contribution in [0.2, 0.25) is 0 Å². The number of halogens is 6. The van der Waals surface area contributed by atoms with Gasteiger partial charge in [0.05, 0.1) is 18.4 Å². The Labute approximate surface area is 161 Å². The molecule has 1 heterocycles. The lowest BCUT2D eigenvalue weighted by molar-refractivity contribution is -0.159. The van der Waals surface area contributed by atoms with E-state index in [0.717, 1.165) is 7.11 Å². The first kappa shape index (κ1) is 22.2. The molecule has 6 nitrogen and oxygen atoms in total. The SMILES string of the molecule is CCN(c1ncc(C(F)(F)F)c(OCC(F)(F)F)n1)c1ccccc1C(=O)OC. The van der Waals surface area contributed by atoms with Crippen LogP contribution in [0.1, 0.15) is 22.8 Å². The summed E-state index contributed by atoms with van der Waals surface area (Å²) in [7, 11) is 1.15. The summed E-state index contributed by atoms with van der Waals surface area (Å²) in [4.78, 5) is 20.3. The fourth-order valence-corrected chi connectivity index (χ4v) is 2.35. The summed E-state index contributed by atoms with van der Waals surface area (Å²) in [6.45, 7) is -0.291. The number of hydrogen-bond donors (Lipinski definition) is 0. The monoisotopic (exact) mass is 423 g/mol. The summed E-state index contributed by atoms with van der Waals surface area (Å²) in [5.74, 6) is -2.37. The maximum Gasteiger partial charge on any atom is 0.423 e. The fourth-order valence-electron chi connectivity index (χ4n) is 2.35. The molecule has 12 heteroatoms. The molecule has 0 spiro atoms. The van der Waals surface area contributed by atoms with Gasteiger partial charge in [-0.25, -0.2) is 9.78 Å². The number of rotatable bonds is 6. The van der Waals surface area contributed by atoms with Gasteiger partial charge < -0.3 is 14.4 Å². The molecule has 0 unspecified atom stereocenters. The first-order valence-corrected chi connectivity index (χ1v) is 8.06. The molecule has 2 rings (SSSR count). The number of carbonyl (C=O) groups excluding carboxylic acids is 1. The zero-order valence-electron chi connectivity index (χ0n) is 15.1. The van der Waals surface area contributed by atoms with E-state index < -0.39 is 36.4 Å². The van der Waals surface area contributed by atoms with Gasteiger partial charge in [-0.15, -0.1) is 0 Å². The topological polar surface area (TPSA) is 64.5 Å². The molecule has 0 amide bonds. The van der Waals surface area contributed by atoms with E-state index in [9.17, 15) is 31.1 Å². The van der Waals surface area contributed by atoms with Crippen molar-refractivity contribution in [2.45, 2.75) is 19.3 Å². The van der Waals surface area contributed by atoms with Crippen LogP contribution in [-0.2, 0) is 10.9 Å². The summed E-state index contributed by atoms with van der Waals surface area (Å²) >= 11 is 0. The minimum atomic E-state index is -5.03. The molecule has 1 aromatic carbocycles. The van der Waals surface area contributed by atoms with Gasteiger partial charge >= 0.3 is 18.3 Å². The van der Waals surface area contributed by atoms with Crippen LogP contribution in [0, 0.1) is 0 Å². The number of anilines is 2. The highest BCUT2D eigenvalue weighted by Gasteiger charge is 2.38. The Kier molecular flexibility index (Phi) is 6.55. The van der Waals surface area contributed by atoms with Gasteiger partial charge in [0.15, 0.2) is 6.61 Å². The number of esters is 1. The quantitative estimate of drug-likeness (QED) is 0.508. The van der Waals surface area contributed by atoms with Crippen LogP contribution in [0.25, 0.3) is 0 Å². The Morgan fingerprint density at radius 2 is 1.79 bits per heavy atom. The van der Waals surface area contributed by atoms with Crippen molar-refractivity contribution in [1.29, 1.82) is 0 Å². The number of para-hydroxylation sites is 1. The third-order valence-electron chi connectivity index (χ3n) is 3.58. The second-order valence-electron chi connectivity index (χ2n) is 5.54. The van der Waals surface area contributed by atoms with Crippen LogP contribution in [0.15, 0.2) is 30.5 Å². The zero-order chi connectivity index (χ0) is 21.8. The summed E-state index contributed by atoms with van der Waals surface area (Å²) < 4.78 is 85.6. The summed E-state index contributed by atoms with van der Waals surface area (Å²) in [6, 6.07) is 5.96. The summed E-state index contributed by atoms with van der Waals surface area (Å²) in [5.41, 5.74) is -1.29. The fraction of sp³-hybridized carbons (Fsp3) is 0.353. The van der Waals surface area contributed by atoms with Crippen LogP contribution in [0.3, 0.4) is 0 Å². The van der Waals surface area contributed by atoms with E-state index in [4.69, 9.17) is 0 Å². The summed E-state index contributed by atoms with van der Waals surface area (Å²) in [5, 5.41) is 0. The van der Waals surface area contributed by atoms with Gasteiger partial charge in [0.1, 0.15) is 5.56 Å². The molecule has 1 aromatic heterocycles. The van der Waals surface area contributed by atoms with Crippen LogP contribution in [0.5, 0.6) is 5.88 Å². The molecule has 0 N–H and O–H groups in total. The molecule has 29 heavy (non-hydrogen) atoms. The summed E-state index contributed by atoms with van der Waals surface area (Å²) in [6.07, 6.45) is -9.56. The average Bonchev–Trinajstić information content (AvgIpc) is 2.65. The molecular weight excluding hydrogens is 408 g/mol. The van der Waals surface area contributed by atoms with Crippen molar-refractivity contribution in [2.24, 2.45) is 0 Å². The number of aromatic nitrogens is 2. The molecule has 0 saturated carbocycles. The van der Waals surface area contributed by atoms with Gasteiger partial charge in [0, 0.05) is 12.7 Å². The van der Waals surface area contributed by atoms with Gasteiger partial charge in [-0.3, -0.25) is 0 Å².